The Bertz CT molecular complexity index is 2950. The molecular formula is C48H33N2P. The van der Waals surface area contributed by atoms with Crippen molar-refractivity contribution in [3.63, 3.8) is 0 Å². The van der Waals surface area contributed by atoms with E-state index >= 15 is 0 Å². The molecule has 0 spiro atoms. The largest absolute Gasteiger partial charge is 0.292 e. The first kappa shape index (κ1) is 29.7. The quantitative estimate of drug-likeness (QED) is 0.132. The van der Waals surface area contributed by atoms with Gasteiger partial charge in [-0.3, -0.25) is 4.40 Å². The molecule has 10 rings (SSSR count). The van der Waals surface area contributed by atoms with Gasteiger partial charge in [-0.15, -0.1) is 0 Å². The summed E-state index contributed by atoms with van der Waals surface area (Å²) in [6.07, 6.45) is 4.96. The summed E-state index contributed by atoms with van der Waals surface area (Å²) in [7, 11) is 0. The summed E-state index contributed by atoms with van der Waals surface area (Å²) in [6.45, 7) is -2.05. The second-order valence-electron chi connectivity index (χ2n) is 13.3. The normalized spacial score (nSPS) is 12.0. The molecule has 0 aliphatic rings. The van der Waals surface area contributed by atoms with E-state index < -0.39 is 6.89 Å². The fourth-order valence-corrected chi connectivity index (χ4v) is 10.8. The molecule has 10 aromatic rings. The number of para-hydroxylation sites is 2. The van der Waals surface area contributed by atoms with Gasteiger partial charge in [0.1, 0.15) is 5.65 Å². The zero-order valence-corrected chi connectivity index (χ0v) is 28.8. The molecule has 0 atom stereocenters. The third kappa shape index (κ3) is 4.76. The molecule has 0 amide bonds. The van der Waals surface area contributed by atoms with Gasteiger partial charge in [0.15, 0.2) is 0 Å². The van der Waals surface area contributed by atoms with Crippen LogP contribution in [-0.4, -0.2) is 15.7 Å². The molecule has 0 N–H and O–H groups in total. The second-order valence-corrected chi connectivity index (χ2v) is 16.5. The van der Waals surface area contributed by atoms with E-state index in [1.807, 2.05) is 0 Å². The van der Waals surface area contributed by atoms with Crippen LogP contribution < -0.4 is 15.9 Å². The predicted octanol–water partition coefficient (Wildman–Crippen LogP) is 11.0. The third-order valence-electron chi connectivity index (χ3n) is 10.4. The van der Waals surface area contributed by atoms with Gasteiger partial charge in [0.2, 0.25) is 0 Å². The smallest absolute Gasteiger partial charge is 0.146 e. The van der Waals surface area contributed by atoms with E-state index in [9.17, 15) is 0 Å². The SMILES string of the molecule is C=P(c1ccccc1)(c1ccccc1)c1ccc2cc(-c3cccc(-c4ccc5c6ccccc6c6nc7ccccc7n6c5c4)c3)ccc2c1. The maximum Gasteiger partial charge on any atom is 0.146 e. The molecule has 3 heteroatoms. The van der Waals surface area contributed by atoms with Gasteiger partial charge < -0.3 is 0 Å². The van der Waals surface area contributed by atoms with E-state index in [4.69, 9.17) is 11.3 Å². The molecule has 8 aromatic carbocycles. The van der Waals surface area contributed by atoms with Crippen molar-refractivity contribution in [2.24, 2.45) is 0 Å². The van der Waals surface area contributed by atoms with Gasteiger partial charge in [-0.25, -0.2) is 4.98 Å². The number of nitrogens with zero attached hydrogens (tertiary/aromatic N) is 2. The summed E-state index contributed by atoms with van der Waals surface area (Å²) in [4.78, 5) is 5.09. The van der Waals surface area contributed by atoms with Crippen LogP contribution in [-0.2, 0) is 0 Å². The summed E-state index contributed by atoms with van der Waals surface area (Å²) < 4.78 is 2.33. The number of pyridine rings is 1. The molecule has 0 saturated carbocycles. The Morgan fingerprint density at radius 3 is 1.75 bits per heavy atom. The van der Waals surface area contributed by atoms with E-state index in [0.29, 0.717) is 0 Å². The summed E-state index contributed by atoms with van der Waals surface area (Å²) in [6, 6.07) is 68.2. The van der Waals surface area contributed by atoms with Crippen molar-refractivity contribution < 1.29 is 0 Å². The monoisotopic (exact) mass is 668 g/mol. The Balaban J connectivity index is 1.07. The first-order valence-corrected chi connectivity index (χ1v) is 19.3. The Morgan fingerprint density at radius 1 is 0.392 bits per heavy atom. The van der Waals surface area contributed by atoms with Crippen LogP contribution in [0.3, 0.4) is 0 Å². The minimum absolute atomic E-state index is 0.996. The molecule has 0 unspecified atom stereocenters. The molecule has 2 nitrogen and oxygen atoms in total. The summed E-state index contributed by atoms with van der Waals surface area (Å²) in [5.41, 5.74) is 9.06. The molecule has 2 aromatic heterocycles. The van der Waals surface area contributed by atoms with E-state index in [0.717, 1.165) is 22.2 Å². The highest BCUT2D eigenvalue weighted by molar-refractivity contribution is 7.93. The van der Waals surface area contributed by atoms with Crippen LogP contribution in [0.5, 0.6) is 0 Å². The molecule has 0 fully saturated rings. The maximum atomic E-state index is 5.09. The van der Waals surface area contributed by atoms with Crippen molar-refractivity contribution in [2.75, 3.05) is 0 Å². The lowest BCUT2D eigenvalue weighted by Gasteiger charge is -2.27. The van der Waals surface area contributed by atoms with Crippen LogP contribution in [0.15, 0.2) is 188 Å². The summed E-state index contributed by atoms with van der Waals surface area (Å²) in [5.74, 6) is 0. The van der Waals surface area contributed by atoms with Crippen LogP contribution in [0, 0.1) is 0 Å². The lowest BCUT2D eigenvalue weighted by Crippen LogP contribution is -2.25. The highest BCUT2D eigenvalue weighted by atomic mass is 31.2. The number of hydrogen-bond acceptors (Lipinski definition) is 1. The maximum absolute atomic E-state index is 5.09. The van der Waals surface area contributed by atoms with Gasteiger partial charge in [0.25, 0.3) is 0 Å². The van der Waals surface area contributed by atoms with Gasteiger partial charge in [-0.2, -0.15) is 0 Å². The minimum Gasteiger partial charge on any atom is -0.292 e. The average Bonchev–Trinajstić information content (AvgIpc) is 3.61. The molecular weight excluding hydrogens is 636 g/mol. The zero-order chi connectivity index (χ0) is 33.9. The Kier molecular flexibility index (Phi) is 6.81. The molecule has 0 aliphatic carbocycles. The number of benzene rings is 8. The predicted molar refractivity (Wildman–Crippen MR) is 222 cm³/mol. The minimum atomic E-state index is -2.05. The number of aromatic nitrogens is 2. The van der Waals surface area contributed by atoms with Crippen LogP contribution in [0.4, 0.5) is 0 Å². The molecule has 2 heterocycles. The van der Waals surface area contributed by atoms with Crippen molar-refractivity contribution in [3.8, 4) is 22.3 Å². The van der Waals surface area contributed by atoms with Crippen molar-refractivity contribution in [3.05, 3.63) is 188 Å². The average molecular weight is 669 g/mol. The summed E-state index contributed by atoms with van der Waals surface area (Å²) in [5, 5.41) is 9.92. The molecule has 0 saturated heterocycles. The van der Waals surface area contributed by atoms with Crippen molar-refractivity contribution >= 4 is 78.2 Å². The fraction of sp³-hybridized carbons (Fsp3) is 0. The third-order valence-corrected chi connectivity index (χ3v) is 14.0. The number of rotatable bonds is 5. The van der Waals surface area contributed by atoms with Gasteiger partial charge in [0.05, 0.1) is 16.6 Å². The lowest BCUT2D eigenvalue weighted by molar-refractivity contribution is 1.31. The highest BCUT2D eigenvalue weighted by Gasteiger charge is 2.22. The van der Waals surface area contributed by atoms with E-state index in [1.165, 1.54) is 65.1 Å². The van der Waals surface area contributed by atoms with Crippen LogP contribution in [0.2, 0.25) is 0 Å². The van der Waals surface area contributed by atoms with Crippen LogP contribution >= 0.6 is 6.89 Å². The fourth-order valence-electron chi connectivity index (χ4n) is 7.83. The van der Waals surface area contributed by atoms with Crippen molar-refractivity contribution in [1.29, 1.82) is 0 Å². The Morgan fingerprint density at radius 2 is 0.980 bits per heavy atom. The Hall–Kier alpha value is -6.21. The molecule has 240 valence electrons. The first-order chi connectivity index (χ1) is 25.1. The lowest BCUT2D eigenvalue weighted by atomic mass is 9.96. The first-order valence-electron chi connectivity index (χ1n) is 17.4. The Labute approximate surface area is 296 Å². The number of imidazole rings is 1. The van der Waals surface area contributed by atoms with Crippen LogP contribution in [0.25, 0.3) is 71.4 Å². The molecule has 0 radical (unpaired) electrons. The van der Waals surface area contributed by atoms with Gasteiger partial charge in [-0.1, -0.05) is 158 Å². The number of hydrogen-bond donors (Lipinski definition) is 0. The van der Waals surface area contributed by atoms with E-state index in [1.54, 1.807) is 0 Å². The molecule has 0 bridgehead atoms. The van der Waals surface area contributed by atoms with Crippen molar-refractivity contribution in [1.82, 2.24) is 9.38 Å². The van der Waals surface area contributed by atoms with Gasteiger partial charge in [0, 0.05) is 10.8 Å². The molecule has 51 heavy (non-hydrogen) atoms. The number of fused-ring (bicyclic) bond motifs is 9. The van der Waals surface area contributed by atoms with E-state index in [-0.39, 0.29) is 0 Å². The van der Waals surface area contributed by atoms with Gasteiger partial charge in [-0.05, 0) is 97.6 Å². The zero-order valence-electron chi connectivity index (χ0n) is 27.9. The van der Waals surface area contributed by atoms with Crippen molar-refractivity contribution in [2.45, 2.75) is 0 Å². The highest BCUT2D eigenvalue weighted by Crippen LogP contribution is 2.43. The van der Waals surface area contributed by atoms with E-state index in [2.05, 4.69) is 192 Å². The second kappa shape index (κ2) is 11.7. The topological polar surface area (TPSA) is 17.3 Å². The molecule has 0 aliphatic heterocycles. The summed E-state index contributed by atoms with van der Waals surface area (Å²) >= 11 is 0. The van der Waals surface area contributed by atoms with Gasteiger partial charge >= 0.3 is 0 Å². The van der Waals surface area contributed by atoms with Crippen LogP contribution in [0.1, 0.15) is 0 Å². The standard InChI is InChI=1S/C48H33N2P/c1-51(39-15-4-2-5-16-39,40-17-6-3-7-18-40)41-27-25-36-30-35(23-24-37(36)31-41)33-13-12-14-34(29-33)38-26-28-43-42-19-8-9-20-44(42)48-49-45-21-10-11-22-46(45)50(48)47(43)32-38/h2-32H,1H2.